The molecule has 0 aliphatic carbocycles. The number of rotatable bonds is 4. The molecule has 1 fully saturated rings. The van der Waals surface area contributed by atoms with Gasteiger partial charge in [-0.2, -0.15) is 0 Å². The second-order valence-corrected chi connectivity index (χ2v) is 5.25. The van der Waals surface area contributed by atoms with E-state index in [0.717, 1.165) is 29.2 Å². The predicted octanol–water partition coefficient (Wildman–Crippen LogP) is 2.78. The SMILES string of the molecule is COCc1nc(N2CCCC2)sc1CBr. The Morgan fingerprint density at radius 1 is 1.47 bits per heavy atom. The number of methoxy groups -OCH3 is 1. The highest BCUT2D eigenvalue weighted by atomic mass is 79.9. The van der Waals surface area contributed by atoms with E-state index < -0.39 is 0 Å². The number of anilines is 1. The van der Waals surface area contributed by atoms with Crippen LogP contribution in [0.2, 0.25) is 0 Å². The van der Waals surface area contributed by atoms with Crippen LogP contribution in [0.15, 0.2) is 0 Å². The molecule has 1 aliphatic rings. The molecule has 5 heteroatoms. The Hall–Kier alpha value is -0.130. The minimum Gasteiger partial charge on any atom is -0.378 e. The number of halogens is 1. The first-order chi connectivity index (χ1) is 7.35. The Morgan fingerprint density at radius 3 is 2.80 bits per heavy atom. The minimum atomic E-state index is 0.616. The third-order valence-corrected chi connectivity index (χ3v) is 4.64. The standard InChI is InChI=1S/C10H15BrN2OS/c1-14-7-8-9(6-11)15-10(12-8)13-4-2-3-5-13/h2-7H2,1H3. The summed E-state index contributed by atoms with van der Waals surface area (Å²) in [5.74, 6) is 0. The zero-order valence-electron chi connectivity index (χ0n) is 8.83. The molecular formula is C10H15BrN2OS. The monoisotopic (exact) mass is 290 g/mol. The van der Waals surface area contributed by atoms with Crippen LogP contribution >= 0.6 is 27.3 Å². The van der Waals surface area contributed by atoms with E-state index in [1.54, 1.807) is 18.4 Å². The molecule has 1 saturated heterocycles. The Bertz CT molecular complexity index is 323. The highest BCUT2D eigenvalue weighted by molar-refractivity contribution is 9.08. The maximum Gasteiger partial charge on any atom is 0.185 e. The summed E-state index contributed by atoms with van der Waals surface area (Å²) in [6.07, 6.45) is 2.59. The minimum absolute atomic E-state index is 0.616. The molecule has 3 nitrogen and oxygen atoms in total. The van der Waals surface area contributed by atoms with E-state index in [9.17, 15) is 0 Å². The van der Waals surface area contributed by atoms with Crippen LogP contribution < -0.4 is 4.90 Å². The van der Waals surface area contributed by atoms with Crippen molar-refractivity contribution in [1.82, 2.24) is 4.98 Å². The molecule has 15 heavy (non-hydrogen) atoms. The lowest BCUT2D eigenvalue weighted by atomic mass is 10.4. The lowest BCUT2D eigenvalue weighted by Gasteiger charge is -2.12. The van der Waals surface area contributed by atoms with E-state index in [4.69, 9.17) is 4.74 Å². The van der Waals surface area contributed by atoms with Gasteiger partial charge in [0.15, 0.2) is 5.13 Å². The summed E-state index contributed by atoms with van der Waals surface area (Å²) in [6, 6.07) is 0. The van der Waals surface area contributed by atoms with Gasteiger partial charge in [-0.15, -0.1) is 11.3 Å². The van der Waals surface area contributed by atoms with E-state index in [2.05, 4.69) is 25.8 Å². The van der Waals surface area contributed by atoms with Crippen LogP contribution in [0.5, 0.6) is 0 Å². The van der Waals surface area contributed by atoms with Gasteiger partial charge in [-0.25, -0.2) is 4.98 Å². The van der Waals surface area contributed by atoms with Gasteiger partial charge in [-0.3, -0.25) is 0 Å². The summed E-state index contributed by atoms with van der Waals surface area (Å²) in [5, 5.41) is 2.03. The van der Waals surface area contributed by atoms with Gasteiger partial charge in [0.05, 0.1) is 12.3 Å². The highest BCUT2D eigenvalue weighted by Crippen LogP contribution is 2.30. The molecule has 1 aromatic rings. The van der Waals surface area contributed by atoms with Crippen LogP contribution in [0, 0.1) is 0 Å². The molecule has 0 amide bonds. The Kier molecular flexibility index (Phi) is 3.99. The maximum absolute atomic E-state index is 5.15. The van der Waals surface area contributed by atoms with Crippen molar-refractivity contribution in [2.45, 2.75) is 24.8 Å². The first-order valence-electron chi connectivity index (χ1n) is 5.13. The lowest BCUT2D eigenvalue weighted by molar-refractivity contribution is 0.181. The first kappa shape index (κ1) is 11.4. The number of hydrogen-bond acceptors (Lipinski definition) is 4. The largest absolute Gasteiger partial charge is 0.378 e. The average molecular weight is 291 g/mol. The van der Waals surface area contributed by atoms with Gasteiger partial charge in [0, 0.05) is 30.4 Å². The number of ether oxygens (including phenoxy) is 1. The van der Waals surface area contributed by atoms with E-state index in [1.807, 2.05) is 0 Å². The second kappa shape index (κ2) is 5.27. The molecule has 1 aromatic heterocycles. The predicted molar refractivity (Wildman–Crippen MR) is 66.9 cm³/mol. The Morgan fingerprint density at radius 2 is 2.20 bits per heavy atom. The fourth-order valence-electron chi connectivity index (χ4n) is 1.77. The van der Waals surface area contributed by atoms with Crippen molar-refractivity contribution in [1.29, 1.82) is 0 Å². The molecule has 0 aromatic carbocycles. The van der Waals surface area contributed by atoms with Gasteiger partial charge in [-0.1, -0.05) is 15.9 Å². The Balaban J connectivity index is 2.17. The molecule has 0 N–H and O–H groups in total. The van der Waals surface area contributed by atoms with Gasteiger partial charge >= 0.3 is 0 Å². The molecule has 0 atom stereocenters. The van der Waals surface area contributed by atoms with Crippen LogP contribution in [0.1, 0.15) is 23.4 Å². The molecular weight excluding hydrogens is 276 g/mol. The Labute approximate surface area is 103 Å². The smallest absolute Gasteiger partial charge is 0.185 e. The zero-order chi connectivity index (χ0) is 10.7. The molecule has 2 rings (SSSR count). The van der Waals surface area contributed by atoms with Crippen LogP contribution in [0.25, 0.3) is 0 Å². The molecule has 0 bridgehead atoms. The highest BCUT2D eigenvalue weighted by Gasteiger charge is 2.18. The summed E-state index contributed by atoms with van der Waals surface area (Å²) in [4.78, 5) is 8.30. The van der Waals surface area contributed by atoms with Crippen LogP contribution in [-0.4, -0.2) is 25.2 Å². The third-order valence-electron chi connectivity index (χ3n) is 2.55. The van der Waals surface area contributed by atoms with Crippen molar-refractivity contribution in [3.05, 3.63) is 10.6 Å². The van der Waals surface area contributed by atoms with Crippen molar-refractivity contribution >= 4 is 32.4 Å². The maximum atomic E-state index is 5.15. The van der Waals surface area contributed by atoms with Crippen molar-refractivity contribution < 1.29 is 4.74 Å². The normalized spacial score (nSPS) is 16.3. The zero-order valence-corrected chi connectivity index (χ0v) is 11.2. The van der Waals surface area contributed by atoms with Crippen molar-refractivity contribution in [3.8, 4) is 0 Å². The summed E-state index contributed by atoms with van der Waals surface area (Å²) in [7, 11) is 1.72. The molecule has 2 heterocycles. The van der Waals surface area contributed by atoms with Crippen molar-refractivity contribution in [3.63, 3.8) is 0 Å². The summed E-state index contributed by atoms with van der Waals surface area (Å²) in [5.41, 5.74) is 1.08. The molecule has 1 aliphatic heterocycles. The number of hydrogen-bond donors (Lipinski definition) is 0. The topological polar surface area (TPSA) is 25.4 Å². The van der Waals surface area contributed by atoms with Gasteiger partial charge in [0.25, 0.3) is 0 Å². The van der Waals surface area contributed by atoms with Gasteiger partial charge in [0.2, 0.25) is 0 Å². The molecule has 84 valence electrons. The summed E-state index contributed by atoms with van der Waals surface area (Å²) >= 11 is 5.28. The van der Waals surface area contributed by atoms with Gasteiger partial charge < -0.3 is 9.64 Å². The second-order valence-electron chi connectivity index (χ2n) is 3.63. The number of nitrogens with zero attached hydrogens (tertiary/aromatic N) is 2. The fourth-order valence-corrected chi connectivity index (χ4v) is 3.40. The number of alkyl halides is 1. The van der Waals surface area contributed by atoms with E-state index in [-0.39, 0.29) is 0 Å². The number of thiazole rings is 1. The van der Waals surface area contributed by atoms with Gasteiger partial charge in [-0.05, 0) is 12.8 Å². The van der Waals surface area contributed by atoms with Crippen LogP contribution in [0.3, 0.4) is 0 Å². The van der Waals surface area contributed by atoms with E-state index in [0.29, 0.717) is 6.61 Å². The van der Waals surface area contributed by atoms with Crippen LogP contribution in [-0.2, 0) is 16.7 Å². The average Bonchev–Trinajstić information content (AvgIpc) is 2.84. The van der Waals surface area contributed by atoms with E-state index in [1.165, 1.54) is 17.7 Å². The lowest BCUT2D eigenvalue weighted by Crippen LogP contribution is -2.17. The van der Waals surface area contributed by atoms with Crippen molar-refractivity contribution in [2.24, 2.45) is 0 Å². The summed E-state index contributed by atoms with van der Waals surface area (Å²) in [6.45, 7) is 2.93. The first-order valence-corrected chi connectivity index (χ1v) is 7.07. The van der Waals surface area contributed by atoms with Crippen LogP contribution in [0.4, 0.5) is 5.13 Å². The fraction of sp³-hybridized carbons (Fsp3) is 0.700. The van der Waals surface area contributed by atoms with Gasteiger partial charge in [0.1, 0.15) is 0 Å². The van der Waals surface area contributed by atoms with Crippen molar-refractivity contribution in [2.75, 3.05) is 25.1 Å². The molecule has 0 radical (unpaired) electrons. The number of aromatic nitrogens is 1. The summed E-state index contributed by atoms with van der Waals surface area (Å²) < 4.78 is 5.15. The third kappa shape index (κ3) is 2.52. The molecule has 0 unspecified atom stereocenters. The molecule has 0 spiro atoms. The van der Waals surface area contributed by atoms with E-state index >= 15 is 0 Å². The quantitative estimate of drug-likeness (QED) is 0.798. The molecule has 0 saturated carbocycles.